The SMILES string of the molecule is NC(=O)[C@H](NC(=O)CNC(=O)c1ccccc1)C1CCCCC1. The summed E-state index contributed by atoms with van der Waals surface area (Å²) in [6, 6.07) is 7.99. The molecule has 1 aliphatic carbocycles. The van der Waals surface area contributed by atoms with Gasteiger partial charge < -0.3 is 16.4 Å². The highest BCUT2D eigenvalue weighted by Crippen LogP contribution is 2.26. The molecule has 1 aliphatic rings. The molecule has 6 heteroatoms. The third-order valence-corrected chi connectivity index (χ3v) is 4.19. The van der Waals surface area contributed by atoms with E-state index in [0.717, 1.165) is 32.1 Å². The van der Waals surface area contributed by atoms with Crippen molar-refractivity contribution >= 4 is 17.7 Å². The zero-order valence-corrected chi connectivity index (χ0v) is 13.1. The minimum absolute atomic E-state index is 0.0926. The second-order valence-corrected chi connectivity index (χ2v) is 5.89. The lowest BCUT2D eigenvalue weighted by Gasteiger charge is -2.28. The third kappa shape index (κ3) is 5.09. The average molecular weight is 317 g/mol. The molecule has 124 valence electrons. The summed E-state index contributed by atoms with van der Waals surface area (Å²) in [5, 5.41) is 5.21. The zero-order valence-electron chi connectivity index (χ0n) is 13.1. The van der Waals surface area contributed by atoms with Crippen LogP contribution in [0.5, 0.6) is 0 Å². The summed E-state index contributed by atoms with van der Waals surface area (Å²) in [5.74, 6) is -1.15. The fourth-order valence-corrected chi connectivity index (χ4v) is 2.97. The van der Waals surface area contributed by atoms with E-state index >= 15 is 0 Å². The number of nitrogens with two attached hydrogens (primary N) is 1. The number of benzene rings is 1. The first-order chi connectivity index (χ1) is 11.1. The number of hydrogen-bond acceptors (Lipinski definition) is 3. The highest BCUT2D eigenvalue weighted by atomic mass is 16.2. The lowest BCUT2D eigenvalue weighted by molar-refractivity contribution is -0.128. The van der Waals surface area contributed by atoms with Crippen molar-refractivity contribution in [1.29, 1.82) is 0 Å². The van der Waals surface area contributed by atoms with Crippen molar-refractivity contribution in [2.45, 2.75) is 38.1 Å². The second kappa shape index (κ2) is 8.31. The van der Waals surface area contributed by atoms with Gasteiger partial charge in [0.05, 0.1) is 6.54 Å². The van der Waals surface area contributed by atoms with Crippen LogP contribution in [0, 0.1) is 5.92 Å². The van der Waals surface area contributed by atoms with E-state index in [-0.39, 0.29) is 18.4 Å². The van der Waals surface area contributed by atoms with Gasteiger partial charge >= 0.3 is 0 Å². The Bertz CT molecular complexity index is 553. The Balaban J connectivity index is 1.84. The van der Waals surface area contributed by atoms with Gasteiger partial charge in [0.25, 0.3) is 5.91 Å². The van der Waals surface area contributed by atoms with Gasteiger partial charge in [0.1, 0.15) is 6.04 Å². The van der Waals surface area contributed by atoms with Crippen LogP contribution in [0.15, 0.2) is 30.3 Å². The molecular formula is C17H23N3O3. The molecular weight excluding hydrogens is 294 g/mol. The van der Waals surface area contributed by atoms with Crippen LogP contribution in [0.25, 0.3) is 0 Å². The van der Waals surface area contributed by atoms with E-state index in [9.17, 15) is 14.4 Å². The molecule has 4 N–H and O–H groups in total. The summed E-state index contributed by atoms with van der Waals surface area (Å²) < 4.78 is 0. The minimum atomic E-state index is -0.656. The lowest BCUT2D eigenvalue weighted by Crippen LogP contribution is -2.52. The third-order valence-electron chi connectivity index (χ3n) is 4.19. The van der Waals surface area contributed by atoms with Gasteiger partial charge in [0.15, 0.2) is 0 Å². The van der Waals surface area contributed by atoms with Crippen LogP contribution >= 0.6 is 0 Å². The fourth-order valence-electron chi connectivity index (χ4n) is 2.97. The highest BCUT2D eigenvalue weighted by Gasteiger charge is 2.29. The van der Waals surface area contributed by atoms with Crippen molar-refractivity contribution in [3.05, 3.63) is 35.9 Å². The predicted molar refractivity (Wildman–Crippen MR) is 86.5 cm³/mol. The van der Waals surface area contributed by atoms with Crippen molar-refractivity contribution in [3.63, 3.8) is 0 Å². The van der Waals surface area contributed by atoms with Crippen LogP contribution in [0.4, 0.5) is 0 Å². The Hall–Kier alpha value is -2.37. The van der Waals surface area contributed by atoms with E-state index < -0.39 is 17.9 Å². The molecule has 0 heterocycles. The van der Waals surface area contributed by atoms with Gasteiger partial charge in [-0.05, 0) is 30.9 Å². The molecule has 1 aromatic carbocycles. The van der Waals surface area contributed by atoms with E-state index in [4.69, 9.17) is 5.73 Å². The van der Waals surface area contributed by atoms with Crippen molar-refractivity contribution in [2.24, 2.45) is 11.7 Å². The summed E-state index contributed by atoms with van der Waals surface area (Å²) in [5.41, 5.74) is 5.91. The Kier molecular flexibility index (Phi) is 6.14. The quantitative estimate of drug-likeness (QED) is 0.728. The van der Waals surface area contributed by atoms with E-state index in [0.29, 0.717) is 5.56 Å². The van der Waals surface area contributed by atoms with Gasteiger partial charge in [0.2, 0.25) is 11.8 Å². The number of rotatable bonds is 6. The standard InChI is InChI=1S/C17H23N3O3/c18-16(22)15(12-7-3-1-4-8-12)20-14(21)11-19-17(23)13-9-5-2-6-10-13/h2,5-6,9-10,12,15H,1,3-4,7-8,11H2,(H2,18,22)(H,19,23)(H,20,21)/t15-/m1/s1. The molecule has 6 nitrogen and oxygen atoms in total. The largest absolute Gasteiger partial charge is 0.368 e. The van der Waals surface area contributed by atoms with Crippen molar-refractivity contribution in [3.8, 4) is 0 Å². The molecule has 1 saturated carbocycles. The Labute approximate surface area is 135 Å². The molecule has 3 amide bonds. The number of nitrogens with one attached hydrogen (secondary N) is 2. The molecule has 0 saturated heterocycles. The predicted octanol–water partition coefficient (Wildman–Crippen LogP) is 0.967. The number of carbonyl (C=O) groups excluding carboxylic acids is 3. The van der Waals surface area contributed by atoms with Gasteiger partial charge in [-0.2, -0.15) is 0 Å². The van der Waals surface area contributed by atoms with E-state index in [1.807, 2.05) is 6.07 Å². The molecule has 2 rings (SSSR count). The smallest absolute Gasteiger partial charge is 0.251 e. The lowest BCUT2D eigenvalue weighted by atomic mass is 9.83. The maximum atomic E-state index is 12.0. The topological polar surface area (TPSA) is 101 Å². The van der Waals surface area contributed by atoms with Crippen LogP contribution in [0.2, 0.25) is 0 Å². The van der Waals surface area contributed by atoms with E-state index in [2.05, 4.69) is 10.6 Å². The highest BCUT2D eigenvalue weighted by molar-refractivity contribution is 5.97. The molecule has 23 heavy (non-hydrogen) atoms. The van der Waals surface area contributed by atoms with Crippen molar-refractivity contribution in [2.75, 3.05) is 6.54 Å². The Morgan fingerprint density at radius 1 is 1.09 bits per heavy atom. The second-order valence-electron chi connectivity index (χ2n) is 5.89. The number of carbonyl (C=O) groups is 3. The number of hydrogen-bond donors (Lipinski definition) is 3. The number of amides is 3. The van der Waals surface area contributed by atoms with E-state index in [1.54, 1.807) is 24.3 Å². The maximum Gasteiger partial charge on any atom is 0.251 e. The normalized spacial score (nSPS) is 16.3. The van der Waals surface area contributed by atoms with Crippen LogP contribution in [-0.4, -0.2) is 30.3 Å². The van der Waals surface area contributed by atoms with Crippen LogP contribution in [-0.2, 0) is 9.59 Å². The molecule has 0 aliphatic heterocycles. The van der Waals surface area contributed by atoms with Gasteiger partial charge in [-0.15, -0.1) is 0 Å². The molecule has 0 bridgehead atoms. The molecule has 0 radical (unpaired) electrons. The maximum absolute atomic E-state index is 12.0. The van der Waals surface area contributed by atoms with Gasteiger partial charge in [-0.1, -0.05) is 37.5 Å². The first kappa shape index (κ1) is 17.0. The molecule has 1 atom stereocenters. The molecule has 1 aromatic rings. The summed E-state index contributed by atoms with van der Waals surface area (Å²) >= 11 is 0. The zero-order chi connectivity index (χ0) is 16.7. The van der Waals surface area contributed by atoms with Gasteiger partial charge in [-0.3, -0.25) is 14.4 Å². The average Bonchev–Trinajstić information content (AvgIpc) is 2.58. The van der Waals surface area contributed by atoms with Gasteiger partial charge in [-0.25, -0.2) is 0 Å². The summed E-state index contributed by atoms with van der Waals surface area (Å²) in [6.07, 6.45) is 5.04. The monoisotopic (exact) mass is 317 g/mol. The summed E-state index contributed by atoms with van der Waals surface area (Å²) in [6.45, 7) is -0.176. The fraction of sp³-hybridized carbons (Fsp3) is 0.471. The van der Waals surface area contributed by atoms with E-state index in [1.165, 1.54) is 0 Å². The minimum Gasteiger partial charge on any atom is -0.368 e. The molecule has 0 spiro atoms. The van der Waals surface area contributed by atoms with Crippen molar-refractivity contribution in [1.82, 2.24) is 10.6 Å². The number of primary amides is 1. The molecule has 1 fully saturated rings. The first-order valence-electron chi connectivity index (χ1n) is 8.00. The van der Waals surface area contributed by atoms with Crippen LogP contribution in [0.1, 0.15) is 42.5 Å². The van der Waals surface area contributed by atoms with Crippen molar-refractivity contribution < 1.29 is 14.4 Å². The molecule has 0 unspecified atom stereocenters. The van der Waals surface area contributed by atoms with Gasteiger partial charge in [0, 0.05) is 5.56 Å². The first-order valence-corrected chi connectivity index (χ1v) is 8.00. The van der Waals surface area contributed by atoms with Crippen LogP contribution < -0.4 is 16.4 Å². The summed E-state index contributed by atoms with van der Waals surface area (Å²) in [7, 11) is 0. The molecule has 0 aromatic heterocycles. The Morgan fingerprint density at radius 2 is 1.74 bits per heavy atom. The Morgan fingerprint density at radius 3 is 2.35 bits per heavy atom. The van der Waals surface area contributed by atoms with Crippen LogP contribution in [0.3, 0.4) is 0 Å². The summed E-state index contributed by atoms with van der Waals surface area (Å²) in [4.78, 5) is 35.5.